The van der Waals surface area contributed by atoms with Crippen LogP contribution in [0.2, 0.25) is 5.02 Å². The Morgan fingerprint density at radius 2 is 1.93 bits per heavy atom. The van der Waals surface area contributed by atoms with Crippen LogP contribution in [0.4, 0.5) is 11.4 Å². The molecule has 0 spiro atoms. The number of aromatic nitrogens is 3. The van der Waals surface area contributed by atoms with Crippen molar-refractivity contribution in [2.45, 2.75) is 0 Å². The molecule has 0 bridgehead atoms. The minimum Gasteiger partial charge on any atom is -0.493 e. The quantitative estimate of drug-likeness (QED) is 0.489. The van der Waals surface area contributed by atoms with E-state index < -0.39 is 0 Å². The third-order valence-electron chi connectivity index (χ3n) is 4.54. The molecule has 1 aromatic carbocycles. The molecule has 0 fully saturated rings. The van der Waals surface area contributed by atoms with Crippen LogP contribution in [0, 0.1) is 11.3 Å². The number of rotatable bonds is 5. The van der Waals surface area contributed by atoms with Crippen molar-refractivity contribution in [2.24, 2.45) is 0 Å². The van der Waals surface area contributed by atoms with Gasteiger partial charge in [0.25, 0.3) is 0 Å². The molecule has 0 aliphatic carbocycles. The van der Waals surface area contributed by atoms with Crippen molar-refractivity contribution in [2.75, 3.05) is 19.5 Å². The second-order valence-corrected chi connectivity index (χ2v) is 6.52. The largest absolute Gasteiger partial charge is 0.493 e. The van der Waals surface area contributed by atoms with E-state index in [0.717, 1.165) is 16.5 Å². The molecule has 0 saturated heterocycles. The first-order chi connectivity index (χ1) is 14.2. The molecule has 7 nitrogen and oxygen atoms in total. The van der Waals surface area contributed by atoms with Crippen molar-refractivity contribution in [1.82, 2.24) is 15.0 Å². The Morgan fingerprint density at radius 3 is 2.69 bits per heavy atom. The summed E-state index contributed by atoms with van der Waals surface area (Å²) < 4.78 is 10.7. The first-order valence-corrected chi connectivity index (χ1v) is 9.03. The number of halogens is 1. The highest BCUT2D eigenvalue weighted by Crippen LogP contribution is 2.39. The van der Waals surface area contributed by atoms with Crippen LogP contribution in [0.5, 0.6) is 11.5 Å². The van der Waals surface area contributed by atoms with Gasteiger partial charge >= 0.3 is 0 Å². The molecule has 4 rings (SSSR count). The van der Waals surface area contributed by atoms with Gasteiger partial charge in [-0.2, -0.15) is 5.26 Å². The number of hydrogen-bond acceptors (Lipinski definition) is 6. The fourth-order valence-corrected chi connectivity index (χ4v) is 3.35. The summed E-state index contributed by atoms with van der Waals surface area (Å²) in [5.74, 6) is 1.19. The summed E-state index contributed by atoms with van der Waals surface area (Å²) in [6.45, 7) is 0. The Balaban J connectivity index is 1.85. The molecule has 0 amide bonds. The van der Waals surface area contributed by atoms with E-state index in [0.29, 0.717) is 39.1 Å². The second-order valence-electron chi connectivity index (χ2n) is 6.14. The van der Waals surface area contributed by atoms with E-state index in [1.165, 1.54) is 6.20 Å². The van der Waals surface area contributed by atoms with Crippen molar-refractivity contribution >= 4 is 34.0 Å². The maximum Gasteiger partial charge on any atom is 0.161 e. The molecule has 0 saturated carbocycles. The van der Waals surface area contributed by atoms with Crippen LogP contribution in [-0.2, 0) is 0 Å². The lowest BCUT2D eigenvalue weighted by Crippen LogP contribution is -2.00. The van der Waals surface area contributed by atoms with Crippen LogP contribution >= 0.6 is 11.6 Å². The minimum absolute atomic E-state index is 0.377. The number of fused-ring (bicyclic) bond motifs is 1. The third kappa shape index (κ3) is 3.30. The highest BCUT2D eigenvalue weighted by Gasteiger charge is 2.16. The van der Waals surface area contributed by atoms with Crippen LogP contribution in [0.15, 0.2) is 49.1 Å². The van der Waals surface area contributed by atoms with Crippen molar-refractivity contribution in [1.29, 1.82) is 5.26 Å². The van der Waals surface area contributed by atoms with Gasteiger partial charge in [0.05, 0.1) is 42.4 Å². The number of methoxy groups -OCH3 is 2. The summed E-state index contributed by atoms with van der Waals surface area (Å²) in [6, 6.07) is 9.54. The van der Waals surface area contributed by atoms with E-state index in [2.05, 4.69) is 26.3 Å². The summed E-state index contributed by atoms with van der Waals surface area (Å²) in [6.07, 6.45) is 6.58. The normalized spacial score (nSPS) is 10.6. The number of nitrogens with zero attached hydrogens (tertiary/aromatic N) is 3. The first-order valence-electron chi connectivity index (χ1n) is 8.65. The third-order valence-corrected chi connectivity index (χ3v) is 4.95. The van der Waals surface area contributed by atoms with E-state index in [9.17, 15) is 5.26 Å². The molecular formula is C21H16ClN5O2. The van der Waals surface area contributed by atoms with Crippen LogP contribution in [-0.4, -0.2) is 29.2 Å². The van der Waals surface area contributed by atoms with Gasteiger partial charge in [-0.25, -0.2) is 4.98 Å². The van der Waals surface area contributed by atoms with Crippen LogP contribution in [0.25, 0.3) is 22.2 Å². The van der Waals surface area contributed by atoms with Crippen LogP contribution in [0.3, 0.4) is 0 Å². The molecule has 144 valence electrons. The van der Waals surface area contributed by atoms with Gasteiger partial charge in [-0.15, -0.1) is 0 Å². The number of H-pyrrole nitrogens is 1. The molecule has 0 radical (unpaired) electrons. The highest BCUT2D eigenvalue weighted by molar-refractivity contribution is 6.38. The summed E-state index contributed by atoms with van der Waals surface area (Å²) in [5, 5.41) is 14.2. The Bertz CT molecular complexity index is 1250. The van der Waals surface area contributed by atoms with E-state index in [4.69, 9.17) is 21.1 Å². The predicted molar refractivity (Wildman–Crippen MR) is 112 cm³/mol. The Hall–Kier alpha value is -3.76. The molecule has 0 unspecified atom stereocenters. The zero-order valence-electron chi connectivity index (χ0n) is 15.7. The van der Waals surface area contributed by atoms with E-state index in [1.54, 1.807) is 38.9 Å². The summed E-state index contributed by atoms with van der Waals surface area (Å²) in [5.41, 5.74) is 3.76. The zero-order chi connectivity index (χ0) is 20.4. The Kier molecular flexibility index (Phi) is 4.94. The lowest BCUT2D eigenvalue weighted by Gasteiger charge is -2.16. The van der Waals surface area contributed by atoms with Gasteiger partial charge in [0.1, 0.15) is 11.7 Å². The molecule has 0 aliphatic heterocycles. The standard InChI is InChI=1S/C21H16ClN5O2/c1-28-17-4-3-12(7-18(17)29-2)15-10-24-9-13(8-23)20(15)27-16-11-26-21-14(19(16)22)5-6-25-21/h3-7,9-11H,1-2H3,(H,24,27)(H,25,26). The van der Waals surface area contributed by atoms with Crippen LogP contribution in [0.1, 0.15) is 5.56 Å². The van der Waals surface area contributed by atoms with Crippen molar-refractivity contribution in [3.63, 3.8) is 0 Å². The molecule has 29 heavy (non-hydrogen) atoms. The van der Waals surface area contributed by atoms with Gasteiger partial charge in [0, 0.05) is 29.5 Å². The molecule has 8 heteroatoms. The van der Waals surface area contributed by atoms with Crippen molar-refractivity contribution < 1.29 is 9.47 Å². The summed E-state index contributed by atoms with van der Waals surface area (Å²) >= 11 is 6.56. The molecular weight excluding hydrogens is 390 g/mol. The molecule has 4 aromatic rings. The molecule has 0 atom stereocenters. The highest BCUT2D eigenvalue weighted by atomic mass is 35.5. The van der Waals surface area contributed by atoms with Crippen molar-refractivity contribution in [3.05, 3.63) is 59.6 Å². The lowest BCUT2D eigenvalue weighted by atomic mass is 10.0. The van der Waals surface area contributed by atoms with E-state index in [1.807, 2.05) is 18.2 Å². The number of pyridine rings is 2. The van der Waals surface area contributed by atoms with Gasteiger partial charge in [0.15, 0.2) is 11.5 Å². The SMILES string of the molecule is COc1ccc(-c2cncc(C#N)c2Nc2cnc3[nH]ccc3c2Cl)cc1OC. The number of nitrogens with one attached hydrogen (secondary N) is 2. The number of ether oxygens (including phenoxy) is 2. The average Bonchev–Trinajstić information content (AvgIpc) is 3.25. The molecule has 2 N–H and O–H groups in total. The Morgan fingerprint density at radius 1 is 1.10 bits per heavy atom. The number of aromatic amines is 1. The minimum atomic E-state index is 0.377. The summed E-state index contributed by atoms with van der Waals surface area (Å²) in [7, 11) is 3.15. The number of anilines is 2. The maximum absolute atomic E-state index is 9.63. The van der Waals surface area contributed by atoms with Gasteiger partial charge in [-0.3, -0.25) is 4.98 Å². The molecule has 3 aromatic heterocycles. The predicted octanol–water partition coefficient (Wildman–Crippen LogP) is 4.91. The topological polar surface area (TPSA) is 95.9 Å². The lowest BCUT2D eigenvalue weighted by molar-refractivity contribution is 0.355. The van der Waals surface area contributed by atoms with Gasteiger partial charge in [-0.05, 0) is 23.8 Å². The smallest absolute Gasteiger partial charge is 0.161 e. The monoisotopic (exact) mass is 405 g/mol. The number of hydrogen-bond donors (Lipinski definition) is 2. The Labute approximate surface area is 171 Å². The summed E-state index contributed by atoms with van der Waals surface area (Å²) in [4.78, 5) is 11.6. The average molecular weight is 406 g/mol. The van der Waals surface area contributed by atoms with Gasteiger partial charge in [-0.1, -0.05) is 17.7 Å². The fraction of sp³-hybridized carbons (Fsp3) is 0.0952. The van der Waals surface area contributed by atoms with Gasteiger partial charge in [0.2, 0.25) is 0 Å². The molecule has 0 aliphatic rings. The van der Waals surface area contributed by atoms with E-state index in [-0.39, 0.29) is 0 Å². The van der Waals surface area contributed by atoms with E-state index >= 15 is 0 Å². The zero-order valence-corrected chi connectivity index (χ0v) is 16.4. The second kappa shape index (κ2) is 7.70. The van der Waals surface area contributed by atoms with Gasteiger partial charge < -0.3 is 19.8 Å². The molecule has 3 heterocycles. The fourth-order valence-electron chi connectivity index (χ4n) is 3.10. The van der Waals surface area contributed by atoms with Crippen LogP contribution < -0.4 is 14.8 Å². The number of benzene rings is 1. The maximum atomic E-state index is 9.63. The van der Waals surface area contributed by atoms with Crippen molar-refractivity contribution in [3.8, 4) is 28.7 Å². The number of nitriles is 1. The first kappa shape index (κ1) is 18.6.